The molecule has 0 heterocycles. The standard InChI is InChI=1S/C19H40OSi/c1-8-9-10-11-12-13-14-15-16-17-20-21(6,7)19(4,5)18(2)3/h8,18H,1,9-17H2,2-7H3. The van der Waals surface area contributed by atoms with Crippen molar-refractivity contribution in [3.05, 3.63) is 12.7 Å². The van der Waals surface area contributed by atoms with Gasteiger partial charge in [0.25, 0.3) is 0 Å². The van der Waals surface area contributed by atoms with Crippen molar-refractivity contribution < 1.29 is 4.43 Å². The van der Waals surface area contributed by atoms with Crippen LogP contribution < -0.4 is 0 Å². The van der Waals surface area contributed by atoms with Gasteiger partial charge in [-0.15, -0.1) is 6.58 Å². The Bertz CT molecular complexity index is 269. The molecule has 0 aliphatic heterocycles. The highest BCUT2D eigenvalue weighted by atomic mass is 28.4. The number of hydrogen-bond donors (Lipinski definition) is 0. The van der Waals surface area contributed by atoms with Crippen LogP contribution in [0.25, 0.3) is 0 Å². The average molecular weight is 313 g/mol. The minimum Gasteiger partial charge on any atom is -0.417 e. The Kier molecular flexibility index (Phi) is 10.6. The third-order valence-electron chi connectivity index (χ3n) is 5.51. The summed E-state index contributed by atoms with van der Waals surface area (Å²) in [6, 6.07) is 0. The molecule has 0 unspecified atom stereocenters. The molecule has 0 spiro atoms. The Morgan fingerprint density at radius 1 is 0.952 bits per heavy atom. The molecule has 0 aromatic carbocycles. The molecule has 0 aliphatic carbocycles. The molecular weight excluding hydrogens is 272 g/mol. The minimum atomic E-state index is -1.59. The van der Waals surface area contributed by atoms with Gasteiger partial charge in [-0.25, -0.2) is 0 Å². The lowest BCUT2D eigenvalue weighted by atomic mass is 9.99. The van der Waals surface area contributed by atoms with Crippen molar-refractivity contribution in [1.29, 1.82) is 0 Å². The summed E-state index contributed by atoms with van der Waals surface area (Å²) < 4.78 is 6.34. The van der Waals surface area contributed by atoms with Gasteiger partial charge in [-0.2, -0.15) is 0 Å². The Morgan fingerprint density at radius 2 is 1.43 bits per heavy atom. The second-order valence-corrected chi connectivity index (χ2v) is 12.4. The van der Waals surface area contributed by atoms with Crippen LogP contribution in [-0.4, -0.2) is 14.9 Å². The summed E-state index contributed by atoms with van der Waals surface area (Å²) in [7, 11) is -1.59. The Hall–Kier alpha value is -0.0831. The van der Waals surface area contributed by atoms with E-state index in [1.165, 1.54) is 51.4 Å². The van der Waals surface area contributed by atoms with Crippen LogP contribution in [0.15, 0.2) is 12.7 Å². The van der Waals surface area contributed by atoms with Crippen molar-refractivity contribution in [1.82, 2.24) is 0 Å². The molecular formula is C19H40OSi. The van der Waals surface area contributed by atoms with Crippen molar-refractivity contribution in [2.24, 2.45) is 5.92 Å². The highest BCUT2D eigenvalue weighted by Gasteiger charge is 2.42. The molecule has 0 radical (unpaired) electrons. The number of hydrogen-bond acceptors (Lipinski definition) is 1. The summed E-state index contributed by atoms with van der Waals surface area (Å²) in [4.78, 5) is 0. The molecule has 1 nitrogen and oxygen atoms in total. The summed E-state index contributed by atoms with van der Waals surface area (Å²) >= 11 is 0. The predicted molar refractivity (Wildman–Crippen MR) is 99.4 cm³/mol. The van der Waals surface area contributed by atoms with E-state index in [4.69, 9.17) is 4.43 Å². The first-order valence-corrected chi connectivity index (χ1v) is 11.9. The Morgan fingerprint density at radius 3 is 1.90 bits per heavy atom. The monoisotopic (exact) mass is 312 g/mol. The summed E-state index contributed by atoms with van der Waals surface area (Å²) in [6.07, 6.45) is 12.6. The highest BCUT2D eigenvalue weighted by molar-refractivity contribution is 6.74. The van der Waals surface area contributed by atoms with Gasteiger partial charge in [-0.05, 0) is 43.3 Å². The van der Waals surface area contributed by atoms with Crippen LogP contribution in [0.5, 0.6) is 0 Å². The maximum atomic E-state index is 6.34. The molecule has 0 saturated heterocycles. The second-order valence-electron chi connectivity index (χ2n) is 7.79. The predicted octanol–water partition coefficient (Wildman–Crippen LogP) is 6.95. The van der Waals surface area contributed by atoms with Gasteiger partial charge in [0.1, 0.15) is 0 Å². The third kappa shape index (κ3) is 8.20. The summed E-state index contributed by atoms with van der Waals surface area (Å²) in [5.41, 5.74) is 0. The van der Waals surface area contributed by atoms with E-state index in [1.54, 1.807) is 0 Å². The first kappa shape index (κ1) is 20.9. The highest BCUT2D eigenvalue weighted by Crippen LogP contribution is 2.44. The minimum absolute atomic E-state index is 0.345. The molecule has 0 aliphatic rings. The molecule has 0 atom stereocenters. The summed E-state index contributed by atoms with van der Waals surface area (Å²) in [6.45, 7) is 18.9. The van der Waals surface area contributed by atoms with Gasteiger partial charge in [0.2, 0.25) is 0 Å². The zero-order chi connectivity index (χ0) is 16.4. The SMILES string of the molecule is C=CCCCCCCCCCO[Si](C)(C)C(C)(C)C(C)C. The Labute approximate surface area is 135 Å². The largest absolute Gasteiger partial charge is 0.417 e. The van der Waals surface area contributed by atoms with E-state index >= 15 is 0 Å². The van der Waals surface area contributed by atoms with E-state index in [2.05, 4.69) is 47.4 Å². The van der Waals surface area contributed by atoms with Crippen LogP contribution in [-0.2, 0) is 4.43 Å². The fourth-order valence-corrected chi connectivity index (χ4v) is 4.90. The topological polar surface area (TPSA) is 9.23 Å². The number of unbranched alkanes of at least 4 members (excludes halogenated alkanes) is 7. The van der Waals surface area contributed by atoms with Crippen LogP contribution in [0.1, 0.15) is 79.1 Å². The normalized spacial score (nSPS) is 12.9. The maximum absolute atomic E-state index is 6.34. The molecule has 0 bridgehead atoms. The van der Waals surface area contributed by atoms with Crippen LogP contribution in [0, 0.1) is 5.92 Å². The Balaban J connectivity index is 3.64. The van der Waals surface area contributed by atoms with Crippen molar-refractivity contribution >= 4 is 8.32 Å². The van der Waals surface area contributed by atoms with Gasteiger partial charge in [0, 0.05) is 6.61 Å². The third-order valence-corrected chi connectivity index (χ3v) is 10.1. The van der Waals surface area contributed by atoms with Crippen LogP contribution in [0.2, 0.25) is 18.1 Å². The van der Waals surface area contributed by atoms with Gasteiger partial charge >= 0.3 is 0 Å². The van der Waals surface area contributed by atoms with Gasteiger partial charge in [0.15, 0.2) is 8.32 Å². The molecule has 0 saturated carbocycles. The number of rotatable bonds is 13. The van der Waals surface area contributed by atoms with Crippen molar-refractivity contribution in [2.45, 2.75) is 97.2 Å². The van der Waals surface area contributed by atoms with Crippen LogP contribution in [0.3, 0.4) is 0 Å². The van der Waals surface area contributed by atoms with E-state index in [-0.39, 0.29) is 0 Å². The molecule has 0 amide bonds. The van der Waals surface area contributed by atoms with E-state index in [9.17, 15) is 0 Å². The van der Waals surface area contributed by atoms with E-state index in [0.717, 1.165) is 6.61 Å². The van der Waals surface area contributed by atoms with E-state index in [1.807, 2.05) is 6.08 Å². The first-order chi connectivity index (χ1) is 9.75. The van der Waals surface area contributed by atoms with E-state index in [0.29, 0.717) is 11.0 Å². The second kappa shape index (κ2) is 10.6. The van der Waals surface area contributed by atoms with Crippen LogP contribution >= 0.6 is 0 Å². The average Bonchev–Trinajstić information content (AvgIpc) is 2.40. The van der Waals surface area contributed by atoms with Crippen molar-refractivity contribution in [2.75, 3.05) is 6.61 Å². The fraction of sp³-hybridized carbons (Fsp3) is 0.895. The lowest BCUT2D eigenvalue weighted by molar-refractivity contribution is 0.258. The fourth-order valence-electron chi connectivity index (χ4n) is 2.48. The van der Waals surface area contributed by atoms with E-state index < -0.39 is 8.32 Å². The molecule has 0 fully saturated rings. The zero-order valence-electron chi connectivity index (χ0n) is 15.6. The zero-order valence-corrected chi connectivity index (χ0v) is 16.6. The van der Waals surface area contributed by atoms with Crippen LogP contribution in [0.4, 0.5) is 0 Å². The molecule has 0 aromatic rings. The molecule has 126 valence electrons. The molecule has 2 heteroatoms. The summed E-state index contributed by atoms with van der Waals surface area (Å²) in [5, 5.41) is 0.345. The number of allylic oxidation sites excluding steroid dienone is 1. The van der Waals surface area contributed by atoms with Gasteiger partial charge < -0.3 is 4.43 Å². The first-order valence-electron chi connectivity index (χ1n) is 9.00. The lowest BCUT2D eigenvalue weighted by Gasteiger charge is -2.42. The van der Waals surface area contributed by atoms with Crippen molar-refractivity contribution in [3.63, 3.8) is 0 Å². The van der Waals surface area contributed by atoms with Gasteiger partial charge in [-0.3, -0.25) is 0 Å². The smallest absolute Gasteiger partial charge is 0.192 e. The summed E-state index contributed by atoms with van der Waals surface area (Å²) in [5.74, 6) is 0.690. The molecule has 0 N–H and O–H groups in total. The lowest BCUT2D eigenvalue weighted by Crippen LogP contribution is -2.45. The maximum Gasteiger partial charge on any atom is 0.192 e. The van der Waals surface area contributed by atoms with Gasteiger partial charge in [-0.1, -0.05) is 65.9 Å². The van der Waals surface area contributed by atoms with Gasteiger partial charge in [0.05, 0.1) is 0 Å². The quantitative estimate of drug-likeness (QED) is 0.203. The van der Waals surface area contributed by atoms with Crippen molar-refractivity contribution in [3.8, 4) is 0 Å². The molecule has 0 rings (SSSR count). The molecule has 0 aromatic heterocycles. The molecule has 21 heavy (non-hydrogen) atoms.